The maximum absolute atomic E-state index is 10.4. The molecule has 0 aromatic heterocycles. The van der Waals surface area contributed by atoms with Gasteiger partial charge in [-0.25, -0.2) is 9.59 Å². The van der Waals surface area contributed by atoms with E-state index >= 15 is 0 Å². The number of hydrogen-bond acceptors (Lipinski definition) is 4. The van der Waals surface area contributed by atoms with Gasteiger partial charge in [-0.3, -0.25) is 0 Å². The molecule has 3 aromatic carbocycles. The first kappa shape index (κ1) is 18.5. The summed E-state index contributed by atoms with van der Waals surface area (Å²) >= 11 is 0. The number of rotatable bonds is 5. The van der Waals surface area contributed by atoms with Crippen molar-refractivity contribution >= 4 is 23.3 Å². The fraction of sp³-hybridized carbons (Fsp3) is 0. The van der Waals surface area contributed by atoms with Gasteiger partial charge in [0.2, 0.25) is 0 Å². The minimum absolute atomic E-state index is 0.0186. The molecule has 0 saturated heterocycles. The first-order valence-electron chi connectivity index (χ1n) is 7.75. The zero-order valence-corrected chi connectivity index (χ0v) is 13.8. The Morgan fingerprint density at radius 1 is 0.577 bits per heavy atom. The lowest BCUT2D eigenvalue weighted by molar-refractivity contribution is 0.0696. The van der Waals surface area contributed by atoms with E-state index in [9.17, 15) is 9.59 Å². The highest BCUT2D eigenvalue weighted by Crippen LogP contribution is 2.08. The Hall–Kier alpha value is -3.80. The zero-order chi connectivity index (χ0) is 18.8. The van der Waals surface area contributed by atoms with Crippen LogP contribution in [0, 0.1) is 0 Å². The normalized spacial score (nSPS) is 9.38. The summed E-state index contributed by atoms with van der Waals surface area (Å²) in [6.07, 6.45) is 0. The molecule has 6 nitrogen and oxygen atoms in total. The van der Waals surface area contributed by atoms with E-state index in [2.05, 4.69) is 10.9 Å². The first-order chi connectivity index (χ1) is 12.6. The highest BCUT2D eigenvalue weighted by atomic mass is 16.4. The lowest BCUT2D eigenvalue weighted by Crippen LogP contribution is -2.07. The third kappa shape index (κ3) is 6.01. The van der Waals surface area contributed by atoms with E-state index in [1.807, 2.05) is 60.7 Å². The van der Waals surface area contributed by atoms with Gasteiger partial charge in [0.15, 0.2) is 0 Å². The zero-order valence-electron chi connectivity index (χ0n) is 13.8. The van der Waals surface area contributed by atoms with Crippen molar-refractivity contribution in [3.63, 3.8) is 0 Å². The number of carboxylic acids is 2. The van der Waals surface area contributed by atoms with Crippen molar-refractivity contribution in [2.24, 2.45) is 0 Å². The van der Waals surface area contributed by atoms with Gasteiger partial charge in [0.1, 0.15) is 0 Å². The van der Waals surface area contributed by atoms with Crippen LogP contribution in [0.4, 0.5) is 11.4 Å². The highest BCUT2D eigenvalue weighted by Gasteiger charge is 2.06. The minimum atomic E-state index is -1.13. The number of nitrogens with one attached hydrogen (secondary N) is 2. The molecule has 0 heterocycles. The summed E-state index contributed by atoms with van der Waals surface area (Å²) in [6, 6.07) is 25.2. The van der Waals surface area contributed by atoms with Crippen molar-refractivity contribution in [3.8, 4) is 0 Å². The van der Waals surface area contributed by atoms with Gasteiger partial charge in [-0.2, -0.15) is 0 Å². The van der Waals surface area contributed by atoms with E-state index in [0.29, 0.717) is 0 Å². The summed E-state index contributed by atoms with van der Waals surface area (Å²) in [5, 5.41) is 17.0. The second kappa shape index (κ2) is 9.48. The number of hydrogen-bond donors (Lipinski definition) is 4. The smallest absolute Gasteiger partial charge is 0.335 e. The topological polar surface area (TPSA) is 98.7 Å². The maximum Gasteiger partial charge on any atom is 0.335 e. The Balaban J connectivity index is 0.000000190. The van der Waals surface area contributed by atoms with Gasteiger partial charge in [0.05, 0.1) is 22.5 Å². The van der Waals surface area contributed by atoms with E-state index in [1.54, 1.807) is 0 Å². The number of benzene rings is 3. The average Bonchev–Trinajstić information content (AvgIpc) is 2.68. The van der Waals surface area contributed by atoms with Crippen molar-refractivity contribution in [3.05, 3.63) is 96.1 Å². The molecule has 26 heavy (non-hydrogen) atoms. The Labute approximate surface area is 150 Å². The molecule has 6 heteroatoms. The molecular weight excluding hydrogens is 332 g/mol. The molecule has 0 aliphatic rings. The van der Waals surface area contributed by atoms with Crippen LogP contribution in [0.15, 0.2) is 84.9 Å². The highest BCUT2D eigenvalue weighted by molar-refractivity contribution is 5.93. The molecule has 0 atom stereocenters. The van der Waals surface area contributed by atoms with Crippen LogP contribution in [0.1, 0.15) is 20.7 Å². The van der Waals surface area contributed by atoms with Gasteiger partial charge in [-0.05, 0) is 42.5 Å². The Kier molecular flexibility index (Phi) is 6.76. The van der Waals surface area contributed by atoms with E-state index in [4.69, 9.17) is 10.2 Å². The molecular formula is C20H18N2O4. The maximum atomic E-state index is 10.4. The lowest BCUT2D eigenvalue weighted by Gasteiger charge is -2.08. The number of aromatic carboxylic acids is 2. The van der Waals surface area contributed by atoms with Gasteiger partial charge < -0.3 is 21.1 Å². The summed E-state index contributed by atoms with van der Waals surface area (Å²) in [5.41, 5.74) is 8.29. The van der Waals surface area contributed by atoms with Crippen molar-refractivity contribution in [2.45, 2.75) is 0 Å². The number of para-hydroxylation sites is 2. The van der Waals surface area contributed by atoms with Crippen LogP contribution in [0.25, 0.3) is 0 Å². The predicted molar refractivity (Wildman–Crippen MR) is 100 cm³/mol. The SMILES string of the molecule is O=C(O)c1cccc(C(=O)O)c1.c1ccc(NNc2ccccc2)cc1. The van der Waals surface area contributed by atoms with Crippen LogP contribution in [0.5, 0.6) is 0 Å². The van der Waals surface area contributed by atoms with Gasteiger partial charge >= 0.3 is 11.9 Å². The summed E-state index contributed by atoms with van der Waals surface area (Å²) in [7, 11) is 0. The summed E-state index contributed by atoms with van der Waals surface area (Å²) < 4.78 is 0. The summed E-state index contributed by atoms with van der Waals surface area (Å²) in [5.74, 6) is -2.25. The van der Waals surface area contributed by atoms with Crippen LogP contribution >= 0.6 is 0 Å². The van der Waals surface area contributed by atoms with E-state index in [0.717, 1.165) is 17.4 Å². The predicted octanol–water partition coefficient (Wildman–Crippen LogP) is 4.21. The van der Waals surface area contributed by atoms with Crippen molar-refractivity contribution in [1.82, 2.24) is 0 Å². The lowest BCUT2D eigenvalue weighted by atomic mass is 10.1. The Morgan fingerprint density at radius 3 is 1.31 bits per heavy atom. The summed E-state index contributed by atoms with van der Waals surface area (Å²) in [6.45, 7) is 0. The first-order valence-corrected chi connectivity index (χ1v) is 7.75. The molecule has 3 aromatic rings. The van der Waals surface area contributed by atoms with Gasteiger partial charge in [-0.15, -0.1) is 0 Å². The second-order valence-corrected chi connectivity index (χ2v) is 5.17. The average molecular weight is 350 g/mol. The van der Waals surface area contributed by atoms with Crippen molar-refractivity contribution in [2.75, 3.05) is 10.9 Å². The summed E-state index contributed by atoms with van der Waals surface area (Å²) in [4.78, 5) is 20.8. The standard InChI is InChI=1S/C12H12N2.C8H6O4/c1-3-7-11(8-4-1)13-14-12-9-5-2-6-10-12;9-7(10)5-2-1-3-6(4-5)8(11)12/h1-10,13-14H;1-4H,(H,9,10)(H,11,12). The van der Waals surface area contributed by atoms with Crippen molar-refractivity contribution < 1.29 is 19.8 Å². The molecule has 0 unspecified atom stereocenters. The second-order valence-electron chi connectivity index (χ2n) is 5.17. The minimum Gasteiger partial charge on any atom is -0.478 e. The van der Waals surface area contributed by atoms with E-state index in [-0.39, 0.29) is 11.1 Å². The number of carboxylic acid groups (broad SMARTS) is 2. The van der Waals surface area contributed by atoms with Crippen LogP contribution in [0.2, 0.25) is 0 Å². The molecule has 0 amide bonds. The largest absolute Gasteiger partial charge is 0.478 e. The number of hydrazine groups is 1. The van der Waals surface area contributed by atoms with Crippen LogP contribution < -0.4 is 10.9 Å². The molecule has 0 fully saturated rings. The quantitative estimate of drug-likeness (QED) is 0.515. The molecule has 0 radical (unpaired) electrons. The molecule has 0 aliphatic heterocycles. The Morgan fingerprint density at radius 2 is 0.962 bits per heavy atom. The molecule has 3 rings (SSSR count). The molecule has 0 saturated carbocycles. The number of anilines is 2. The molecule has 4 N–H and O–H groups in total. The Bertz CT molecular complexity index is 783. The molecule has 0 bridgehead atoms. The van der Waals surface area contributed by atoms with Gasteiger partial charge in [0, 0.05) is 0 Å². The molecule has 0 spiro atoms. The van der Waals surface area contributed by atoms with Gasteiger partial charge in [0.25, 0.3) is 0 Å². The fourth-order valence-electron chi connectivity index (χ4n) is 1.97. The molecule has 0 aliphatic carbocycles. The van der Waals surface area contributed by atoms with E-state index < -0.39 is 11.9 Å². The van der Waals surface area contributed by atoms with E-state index in [1.165, 1.54) is 18.2 Å². The molecule has 132 valence electrons. The number of carbonyl (C=O) groups is 2. The van der Waals surface area contributed by atoms with Crippen molar-refractivity contribution in [1.29, 1.82) is 0 Å². The monoisotopic (exact) mass is 350 g/mol. The van der Waals surface area contributed by atoms with Crippen LogP contribution in [0.3, 0.4) is 0 Å². The van der Waals surface area contributed by atoms with Gasteiger partial charge in [-0.1, -0.05) is 42.5 Å². The third-order valence-corrected chi connectivity index (χ3v) is 3.26. The van der Waals surface area contributed by atoms with Crippen LogP contribution in [-0.2, 0) is 0 Å². The van der Waals surface area contributed by atoms with Crippen LogP contribution in [-0.4, -0.2) is 22.2 Å². The fourth-order valence-corrected chi connectivity index (χ4v) is 1.97. The third-order valence-electron chi connectivity index (χ3n) is 3.26.